The molecule has 0 saturated heterocycles. The monoisotopic (exact) mass is 482 g/mol. The summed E-state index contributed by atoms with van der Waals surface area (Å²) in [6.45, 7) is 4.59. The van der Waals surface area contributed by atoms with E-state index in [1.54, 1.807) is 20.8 Å². The highest BCUT2D eigenvalue weighted by atomic mass is 16.6. The van der Waals surface area contributed by atoms with Crippen LogP contribution in [0.3, 0.4) is 0 Å². The van der Waals surface area contributed by atoms with Gasteiger partial charge in [-0.25, -0.2) is 4.79 Å². The summed E-state index contributed by atoms with van der Waals surface area (Å²) in [5.74, 6) is -2.66. The van der Waals surface area contributed by atoms with Crippen LogP contribution in [0.1, 0.15) is 50.7 Å². The number of fused-ring (bicyclic) bond motifs is 3. The first kappa shape index (κ1) is 25.7. The summed E-state index contributed by atoms with van der Waals surface area (Å²) >= 11 is 0. The van der Waals surface area contributed by atoms with Gasteiger partial charge in [-0.05, 0) is 49.4 Å². The Morgan fingerprint density at radius 3 is 2.09 bits per heavy atom. The summed E-state index contributed by atoms with van der Waals surface area (Å²) in [6.07, 6.45) is -1.07. The summed E-state index contributed by atoms with van der Waals surface area (Å²) < 4.78 is 10.7. The van der Waals surface area contributed by atoms with Crippen LogP contribution < -0.4 is 10.6 Å². The average molecular weight is 483 g/mol. The van der Waals surface area contributed by atoms with Gasteiger partial charge in [-0.2, -0.15) is 0 Å². The zero-order valence-electron chi connectivity index (χ0n) is 20.0. The molecule has 3 rings (SSSR count). The lowest BCUT2D eigenvalue weighted by molar-refractivity contribution is -0.155. The Morgan fingerprint density at radius 1 is 0.971 bits per heavy atom. The molecule has 0 saturated carbocycles. The molecule has 2 aromatic carbocycles. The number of hydrogen-bond donors (Lipinski definition) is 3. The molecular weight excluding hydrogens is 452 g/mol. The highest BCUT2D eigenvalue weighted by molar-refractivity contribution is 5.88. The molecule has 9 nitrogen and oxygen atoms in total. The van der Waals surface area contributed by atoms with Crippen LogP contribution >= 0.6 is 0 Å². The van der Waals surface area contributed by atoms with E-state index >= 15 is 0 Å². The van der Waals surface area contributed by atoms with Gasteiger partial charge in [0.05, 0.1) is 0 Å². The van der Waals surface area contributed by atoms with Crippen LogP contribution in [0.4, 0.5) is 4.79 Å². The number of carboxylic acids is 1. The fourth-order valence-electron chi connectivity index (χ4n) is 3.99. The van der Waals surface area contributed by atoms with E-state index in [-0.39, 0.29) is 25.4 Å². The van der Waals surface area contributed by atoms with Crippen LogP contribution in [0.2, 0.25) is 0 Å². The van der Waals surface area contributed by atoms with Crippen molar-refractivity contribution in [2.75, 3.05) is 13.2 Å². The number of carbonyl (C=O) groups excluding carboxylic acids is 3. The minimum Gasteiger partial charge on any atom is -0.480 e. The van der Waals surface area contributed by atoms with Crippen molar-refractivity contribution in [3.05, 3.63) is 59.7 Å². The molecule has 9 heteroatoms. The lowest BCUT2D eigenvalue weighted by Crippen LogP contribution is -2.48. The van der Waals surface area contributed by atoms with Crippen molar-refractivity contribution < 1.29 is 33.8 Å². The number of amides is 2. The van der Waals surface area contributed by atoms with E-state index in [1.807, 2.05) is 48.5 Å². The number of rotatable bonds is 9. The Kier molecular flexibility index (Phi) is 8.11. The number of esters is 1. The summed E-state index contributed by atoms with van der Waals surface area (Å²) in [6, 6.07) is 14.6. The molecule has 0 bridgehead atoms. The first-order valence-electron chi connectivity index (χ1n) is 11.4. The molecule has 0 radical (unpaired) electrons. The molecule has 1 atom stereocenters. The van der Waals surface area contributed by atoms with E-state index in [0.717, 1.165) is 22.3 Å². The largest absolute Gasteiger partial charge is 0.480 e. The van der Waals surface area contributed by atoms with Crippen molar-refractivity contribution in [1.29, 1.82) is 0 Å². The first-order chi connectivity index (χ1) is 16.5. The number of nitrogens with one attached hydrogen (secondary N) is 2. The predicted molar refractivity (Wildman–Crippen MR) is 128 cm³/mol. The minimum absolute atomic E-state index is 0.0510. The summed E-state index contributed by atoms with van der Waals surface area (Å²) in [4.78, 5) is 48.0. The fraction of sp³-hybridized carbons (Fsp3) is 0.385. The van der Waals surface area contributed by atoms with E-state index in [1.165, 1.54) is 0 Å². The van der Waals surface area contributed by atoms with Crippen molar-refractivity contribution in [3.63, 3.8) is 0 Å². The lowest BCUT2D eigenvalue weighted by atomic mass is 9.98. The predicted octanol–water partition coefficient (Wildman–Crippen LogP) is 3.22. The van der Waals surface area contributed by atoms with Crippen LogP contribution in [0.5, 0.6) is 0 Å². The molecule has 0 aliphatic heterocycles. The highest BCUT2D eigenvalue weighted by Gasteiger charge is 2.30. The molecule has 1 aliphatic rings. The fourth-order valence-corrected chi connectivity index (χ4v) is 3.99. The molecule has 2 aromatic rings. The first-order valence-corrected chi connectivity index (χ1v) is 11.4. The average Bonchev–Trinajstić information content (AvgIpc) is 3.11. The van der Waals surface area contributed by atoms with E-state index in [9.17, 15) is 19.2 Å². The number of alkyl carbamates (subject to hydrolysis) is 1. The SMILES string of the molecule is CC(C)(C)OC(=O)CCC(NC(=O)OCC1c2ccccc2-c2ccccc21)C(=O)NCC(=O)O. The summed E-state index contributed by atoms with van der Waals surface area (Å²) in [7, 11) is 0. The van der Waals surface area contributed by atoms with E-state index in [0.29, 0.717) is 0 Å². The van der Waals surface area contributed by atoms with Crippen LogP contribution in [0.15, 0.2) is 48.5 Å². The number of aliphatic carboxylic acids is 1. The number of benzene rings is 2. The molecule has 186 valence electrons. The molecule has 1 unspecified atom stereocenters. The quantitative estimate of drug-likeness (QED) is 0.468. The Morgan fingerprint density at radius 2 is 1.54 bits per heavy atom. The molecule has 0 spiro atoms. The molecule has 2 amide bonds. The second-order valence-corrected chi connectivity index (χ2v) is 9.26. The van der Waals surface area contributed by atoms with E-state index in [4.69, 9.17) is 14.6 Å². The standard InChI is InChI=1S/C26H30N2O7/c1-26(2,3)35-23(31)13-12-21(24(32)27-14-22(29)30)28-25(33)34-15-20-18-10-6-4-8-16(18)17-9-5-7-11-19(17)20/h4-11,20-21H,12-15H2,1-3H3,(H,27,32)(H,28,33)(H,29,30). The van der Waals surface area contributed by atoms with Crippen molar-refractivity contribution in [3.8, 4) is 11.1 Å². The molecule has 0 fully saturated rings. The van der Waals surface area contributed by atoms with E-state index < -0.39 is 42.1 Å². The van der Waals surface area contributed by atoms with Crippen LogP contribution in [0, 0.1) is 0 Å². The number of carboxylic acid groups (broad SMARTS) is 1. The van der Waals surface area contributed by atoms with Gasteiger partial charge in [0, 0.05) is 12.3 Å². The van der Waals surface area contributed by atoms with Gasteiger partial charge in [0.1, 0.15) is 24.8 Å². The van der Waals surface area contributed by atoms with Crippen molar-refractivity contribution >= 4 is 23.9 Å². The maximum atomic E-state index is 12.6. The van der Waals surface area contributed by atoms with E-state index in [2.05, 4.69) is 10.6 Å². The third-order valence-corrected chi connectivity index (χ3v) is 5.42. The van der Waals surface area contributed by atoms with Crippen LogP contribution in [-0.2, 0) is 23.9 Å². The molecule has 1 aliphatic carbocycles. The van der Waals surface area contributed by atoms with Gasteiger partial charge in [-0.15, -0.1) is 0 Å². The second-order valence-electron chi connectivity index (χ2n) is 9.26. The number of carbonyl (C=O) groups is 4. The second kappa shape index (κ2) is 11.0. The molecule has 0 heterocycles. The number of ether oxygens (including phenoxy) is 2. The Balaban J connectivity index is 1.64. The van der Waals surface area contributed by atoms with Gasteiger partial charge in [-0.1, -0.05) is 48.5 Å². The van der Waals surface area contributed by atoms with Gasteiger partial charge in [0.2, 0.25) is 5.91 Å². The normalized spacial score (nSPS) is 13.2. The molecule has 35 heavy (non-hydrogen) atoms. The summed E-state index contributed by atoms with van der Waals surface area (Å²) in [5.41, 5.74) is 3.56. The summed E-state index contributed by atoms with van der Waals surface area (Å²) in [5, 5.41) is 13.5. The van der Waals surface area contributed by atoms with Gasteiger partial charge < -0.3 is 25.2 Å². The maximum Gasteiger partial charge on any atom is 0.407 e. The van der Waals surface area contributed by atoms with Crippen LogP contribution in [0.25, 0.3) is 11.1 Å². The van der Waals surface area contributed by atoms with Crippen molar-refractivity contribution in [2.24, 2.45) is 0 Å². The smallest absolute Gasteiger partial charge is 0.407 e. The van der Waals surface area contributed by atoms with Crippen molar-refractivity contribution in [1.82, 2.24) is 10.6 Å². The molecule has 3 N–H and O–H groups in total. The third kappa shape index (κ3) is 7.05. The zero-order chi connectivity index (χ0) is 25.6. The van der Waals surface area contributed by atoms with Gasteiger partial charge >= 0.3 is 18.0 Å². The van der Waals surface area contributed by atoms with Gasteiger partial charge in [-0.3, -0.25) is 14.4 Å². The third-order valence-electron chi connectivity index (χ3n) is 5.42. The molecule has 0 aromatic heterocycles. The van der Waals surface area contributed by atoms with Crippen molar-refractivity contribution in [2.45, 2.75) is 51.2 Å². The highest BCUT2D eigenvalue weighted by Crippen LogP contribution is 2.44. The Bertz CT molecular complexity index is 1060. The minimum atomic E-state index is -1.23. The lowest BCUT2D eigenvalue weighted by Gasteiger charge is -2.21. The zero-order valence-corrected chi connectivity index (χ0v) is 20.0. The molecular formula is C26H30N2O7. The Labute approximate surface area is 203 Å². The Hall–Kier alpha value is -3.88. The van der Waals surface area contributed by atoms with Crippen LogP contribution in [-0.4, -0.2) is 53.8 Å². The van der Waals surface area contributed by atoms with Gasteiger partial charge in [0.25, 0.3) is 0 Å². The topological polar surface area (TPSA) is 131 Å². The van der Waals surface area contributed by atoms with Gasteiger partial charge in [0.15, 0.2) is 0 Å². The number of hydrogen-bond acceptors (Lipinski definition) is 6. The maximum absolute atomic E-state index is 12.6.